The lowest BCUT2D eigenvalue weighted by atomic mass is 10.1. The standard InChI is InChI=1S/C13H25NS/c1-5-6-15-10-13-8-12(13)7-11(2)9-14(3)4/h7,11,13H,5-6,8-10H2,1-4H3/b12-7-/t11-,13?/m1/s1. The minimum Gasteiger partial charge on any atom is -0.309 e. The summed E-state index contributed by atoms with van der Waals surface area (Å²) in [6, 6.07) is 0. The highest BCUT2D eigenvalue weighted by Gasteiger charge is 2.29. The van der Waals surface area contributed by atoms with Crippen molar-refractivity contribution >= 4 is 11.8 Å². The second-order valence-electron chi connectivity index (χ2n) is 4.96. The third-order valence-electron chi connectivity index (χ3n) is 2.67. The van der Waals surface area contributed by atoms with Gasteiger partial charge in [0.15, 0.2) is 0 Å². The first kappa shape index (κ1) is 13.1. The molecule has 1 fully saturated rings. The zero-order valence-electron chi connectivity index (χ0n) is 10.6. The van der Waals surface area contributed by atoms with E-state index < -0.39 is 0 Å². The maximum atomic E-state index is 2.50. The molecule has 1 unspecified atom stereocenters. The first-order chi connectivity index (χ1) is 7.13. The Morgan fingerprint density at radius 1 is 1.53 bits per heavy atom. The summed E-state index contributed by atoms with van der Waals surface area (Å²) in [6.45, 7) is 5.76. The normalized spacial score (nSPS) is 24.9. The SMILES string of the molecule is CCCSCC1C/C1=C/[C@@H](C)CN(C)C. The summed E-state index contributed by atoms with van der Waals surface area (Å²) in [5, 5.41) is 0. The predicted molar refractivity (Wildman–Crippen MR) is 71.5 cm³/mol. The molecule has 0 amide bonds. The molecule has 0 radical (unpaired) electrons. The minimum atomic E-state index is 0.719. The van der Waals surface area contributed by atoms with E-state index in [0.29, 0.717) is 0 Å². The Balaban J connectivity index is 2.15. The Bertz CT molecular complexity index is 211. The Kier molecular flexibility index (Phi) is 5.77. The second kappa shape index (κ2) is 6.59. The summed E-state index contributed by atoms with van der Waals surface area (Å²) < 4.78 is 0. The molecule has 15 heavy (non-hydrogen) atoms. The van der Waals surface area contributed by atoms with E-state index in [-0.39, 0.29) is 0 Å². The molecule has 0 heterocycles. The average Bonchev–Trinajstić information content (AvgIpc) is 2.82. The molecule has 1 saturated carbocycles. The van der Waals surface area contributed by atoms with Crippen LogP contribution < -0.4 is 0 Å². The molecule has 0 saturated heterocycles. The fourth-order valence-electron chi connectivity index (χ4n) is 1.96. The van der Waals surface area contributed by atoms with Crippen molar-refractivity contribution in [3.05, 3.63) is 11.6 Å². The zero-order valence-corrected chi connectivity index (χ0v) is 11.4. The first-order valence-electron chi connectivity index (χ1n) is 6.06. The van der Waals surface area contributed by atoms with E-state index in [1.165, 1.54) is 30.9 Å². The minimum absolute atomic E-state index is 0.719. The Labute approximate surface area is 99.3 Å². The molecule has 0 bridgehead atoms. The molecular weight excluding hydrogens is 202 g/mol. The number of hydrogen-bond acceptors (Lipinski definition) is 2. The number of nitrogens with zero attached hydrogens (tertiary/aromatic N) is 1. The lowest BCUT2D eigenvalue weighted by molar-refractivity contribution is 0.370. The van der Waals surface area contributed by atoms with E-state index in [1.807, 2.05) is 0 Å². The van der Waals surface area contributed by atoms with Gasteiger partial charge in [0.05, 0.1) is 0 Å². The third-order valence-corrected chi connectivity index (χ3v) is 4.00. The molecule has 1 nitrogen and oxygen atoms in total. The highest BCUT2D eigenvalue weighted by molar-refractivity contribution is 7.99. The zero-order chi connectivity index (χ0) is 11.3. The van der Waals surface area contributed by atoms with E-state index in [1.54, 1.807) is 5.57 Å². The summed E-state index contributed by atoms with van der Waals surface area (Å²) in [5.74, 6) is 4.33. The molecular formula is C13H25NS. The number of hydrogen-bond donors (Lipinski definition) is 0. The van der Waals surface area contributed by atoms with Gasteiger partial charge >= 0.3 is 0 Å². The molecule has 0 aromatic heterocycles. The van der Waals surface area contributed by atoms with Crippen LogP contribution in [0.4, 0.5) is 0 Å². The van der Waals surface area contributed by atoms with Crippen molar-refractivity contribution in [3.8, 4) is 0 Å². The van der Waals surface area contributed by atoms with E-state index in [9.17, 15) is 0 Å². The summed E-state index contributed by atoms with van der Waals surface area (Å²) >= 11 is 2.12. The largest absolute Gasteiger partial charge is 0.309 e. The predicted octanol–water partition coefficient (Wildman–Crippen LogP) is 3.27. The maximum absolute atomic E-state index is 2.50. The van der Waals surface area contributed by atoms with Crippen molar-refractivity contribution in [3.63, 3.8) is 0 Å². The fraction of sp³-hybridized carbons (Fsp3) is 0.846. The topological polar surface area (TPSA) is 3.24 Å². The molecule has 1 aliphatic carbocycles. The van der Waals surface area contributed by atoms with E-state index in [0.717, 1.165) is 11.8 Å². The average molecular weight is 227 g/mol. The van der Waals surface area contributed by atoms with Crippen LogP contribution in [0, 0.1) is 11.8 Å². The third kappa shape index (κ3) is 5.62. The van der Waals surface area contributed by atoms with Crippen LogP contribution in [-0.4, -0.2) is 37.0 Å². The number of rotatable bonds is 7. The highest BCUT2D eigenvalue weighted by Crippen LogP contribution is 2.40. The summed E-state index contributed by atoms with van der Waals surface area (Å²) in [6.07, 6.45) is 5.18. The molecule has 2 heteroatoms. The van der Waals surface area contributed by atoms with Crippen LogP contribution in [0.3, 0.4) is 0 Å². The molecule has 1 aliphatic rings. The second-order valence-corrected chi connectivity index (χ2v) is 6.11. The van der Waals surface area contributed by atoms with Crippen LogP contribution in [-0.2, 0) is 0 Å². The van der Waals surface area contributed by atoms with E-state index >= 15 is 0 Å². The van der Waals surface area contributed by atoms with Gasteiger partial charge in [-0.1, -0.05) is 25.5 Å². The summed E-state index contributed by atoms with van der Waals surface area (Å²) in [4.78, 5) is 2.27. The highest BCUT2D eigenvalue weighted by atomic mass is 32.2. The fourth-order valence-corrected chi connectivity index (χ4v) is 3.03. The van der Waals surface area contributed by atoms with Crippen molar-refractivity contribution < 1.29 is 0 Å². The van der Waals surface area contributed by atoms with E-state index in [4.69, 9.17) is 0 Å². The van der Waals surface area contributed by atoms with Crippen molar-refractivity contribution in [1.82, 2.24) is 4.90 Å². The number of thioether (sulfide) groups is 1. The van der Waals surface area contributed by atoms with Crippen molar-refractivity contribution in [2.24, 2.45) is 11.8 Å². The smallest absolute Gasteiger partial charge is 0.00357 e. The van der Waals surface area contributed by atoms with Gasteiger partial charge in [-0.25, -0.2) is 0 Å². The lowest BCUT2D eigenvalue weighted by Crippen LogP contribution is -2.18. The van der Waals surface area contributed by atoms with Gasteiger partial charge in [-0.3, -0.25) is 0 Å². The van der Waals surface area contributed by atoms with Gasteiger partial charge in [-0.2, -0.15) is 11.8 Å². The maximum Gasteiger partial charge on any atom is 0.00357 e. The van der Waals surface area contributed by atoms with Gasteiger partial charge in [0.2, 0.25) is 0 Å². The van der Waals surface area contributed by atoms with Crippen molar-refractivity contribution in [2.75, 3.05) is 32.1 Å². The molecule has 2 atom stereocenters. The van der Waals surface area contributed by atoms with Crippen LogP contribution in [0.5, 0.6) is 0 Å². The summed E-state index contributed by atoms with van der Waals surface area (Å²) in [7, 11) is 4.30. The molecule has 0 aromatic rings. The van der Waals surface area contributed by atoms with Crippen molar-refractivity contribution in [1.29, 1.82) is 0 Å². The number of allylic oxidation sites excluding steroid dienone is 1. The van der Waals surface area contributed by atoms with Gasteiger partial charge in [0.25, 0.3) is 0 Å². The van der Waals surface area contributed by atoms with Crippen LogP contribution >= 0.6 is 11.8 Å². The quantitative estimate of drug-likeness (QED) is 0.485. The molecule has 0 aromatic carbocycles. The summed E-state index contributed by atoms with van der Waals surface area (Å²) in [5.41, 5.74) is 1.72. The lowest BCUT2D eigenvalue weighted by Gasteiger charge is -2.12. The Hall–Kier alpha value is 0.0500. The van der Waals surface area contributed by atoms with Gasteiger partial charge in [-0.15, -0.1) is 0 Å². The van der Waals surface area contributed by atoms with Gasteiger partial charge in [-0.05, 0) is 44.5 Å². The van der Waals surface area contributed by atoms with Crippen LogP contribution in [0.25, 0.3) is 0 Å². The monoisotopic (exact) mass is 227 g/mol. The molecule has 0 spiro atoms. The van der Waals surface area contributed by atoms with E-state index in [2.05, 4.69) is 50.7 Å². The van der Waals surface area contributed by atoms with Crippen molar-refractivity contribution in [2.45, 2.75) is 26.7 Å². The first-order valence-corrected chi connectivity index (χ1v) is 7.22. The molecule has 0 N–H and O–H groups in total. The van der Waals surface area contributed by atoms with Crippen LogP contribution in [0.1, 0.15) is 26.7 Å². The van der Waals surface area contributed by atoms with Crippen LogP contribution in [0.2, 0.25) is 0 Å². The molecule has 0 aliphatic heterocycles. The van der Waals surface area contributed by atoms with Gasteiger partial charge in [0, 0.05) is 12.3 Å². The van der Waals surface area contributed by atoms with Gasteiger partial charge in [0.1, 0.15) is 0 Å². The Morgan fingerprint density at radius 2 is 2.27 bits per heavy atom. The molecule has 1 rings (SSSR count). The van der Waals surface area contributed by atoms with Crippen LogP contribution in [0.15, 0.2) is 11.6 Å². The Morgan fingerprint density at radius 3 is 2.87 bits per heavy atom. The van der Waals surface area contributed by atoms with Gasteiger partial charge < -0.3 is 4.90 Å². The molecule has 88 valence electrons.